The van der Waals surface area contributed by atoms with E-state index in [1.54, 1.807) is 0 Å². The van der Waals surface area contributed by atoms with Crippen molar-refractivity contribution in [3.63, 3.8) is 0 Å². The highest BCUT2D eigenvalue weighted by Crippen LogP contribution is 2.15. The summed E-state index contributed by atoms with van der Waals surface area (Å²) in [5, 5.41) is 0. The highest BCUT2D eigenvalue weighted by atomic mass is 15.2. The number of rotatable bonds is 3. The van der Waals surface area contributed by atoms with Crippen LogP contribution >= 0.6 is 0 Å². The van der Waals surface area contributed by atoms with Gasteiger partial charge in [-0.05, 0) is 38.5 Å². The summed E-state index contributed by atoms with van der Waals surface area (Å²) in [7, 11) is 2.05. The van der Waals surface area contributed by atoms with E-state index in [0.29, 0.717) is 12.6 Å². The number of nitrogens with two attached hydrogens (primary N) is 1. The van der Waals surface area contributed by atoms with Crippen LogP contribution < -0.4 is 10.6 Å². The molecule has 1 aromatic heterocycles. The molecule has 0 radical (unpaired) electrons. The smallest absolute Gasteiger partial charge is 0.129 e. The monoisotopic (exact) mass is 193 g/mol. The summed E-state index contributed by atoms with van der Waals surface area (Å²) in [6.07, 6.45) is 0. The van der Waals surface area contributed by atoms with Crippen molar-refractivity contribution in [1.82, 2.24) is 4.98 Å². The molecule has 0 saturated carbocycles. The Morgan fingerprint density at radius 1 is 1.43 bits per heavy atom. The van der Waals surface area contributed by atoms with Crippen LogP contribution in [0, 0.1) is 6.92 Å². The molecule has 0 saturated heterocycles. The lowest BCUT2D eigenvalue weighted by molar-refractivity contribution is 0.740. The Balaban J connectivity index is 3.02. The van der Waals surface area contributed by atoms with Gasteiger partial charge >= 0.3 is 0 Å². The fourth-order valence-corrected chi connectivity index (χ4v) is 1.28. The van der Waals surface area contributed by atoms with E-state index in [4.69, 9.17) is 5.73 Å². The maximum absolute atomic E-state index is 5.62. The first-order valence-electron chi connectivity index (χ1n) is 4.95. The Labute approximate surface area is 85.9 Å². The number of aromatic nitrogens is 1. The first kappa shape index (κ1) is 11.0. The van der Waals surface area contributed by atoms with Crippen LogP contribution in [0.1, 0.15) is 25.1 Å². The van der Waals surface area contributed by atoms with Crippen molar-refractivity contribution in [3.8, 4) is 0 Å². The molecule has 0 aromatic carbocycles. The molecule has 1 aromatic rings. The van der Waals surface area contributed by atoms with Crippen molar-refractivity contribution in [2.75, 3.05) is 11.9 Å². The molecular formula is C11H19N3. The molecule has 0 bridgehead atoms. The van der Waals surface area contributed by atoms with Crippen molar-refractivity contribution in [3.05, 3.63) is 23.4 Å². The van der Waals surface area contributed by atoms with E-state index in [1.807, 2.05) is 26.1 Å². The van der Waals surface area contributed by atoms with Gasteiger partial charge in [0.25, 0.3) is 0 Å². The van der Waals surface area contributed by atoms with Crippen LogP contribution in [0.2, 0.25) is 0 Å². The molecule has 0 aliphatic carbocycles. The molecule has 0 unspecified atom stereocenters. The van der Waals surface area contributed by atoms with E-state index in [9.17, 15) is 0 Å². The summed E-state index contributed by atoms with van der Waals surface area (Å²) >= 11 is 0. The van der Waals surface area contributed by atoms with Crippen LogP contribution in [0.25, 0.3) is 0 Å². The molecule has 78 valence electrons. The Morgan fingerprint density at radius 2 is 2.07 bits per heavy atom. The van der Waals surface area contributed by atoms with Gasteiger partial charge in [0.05, 0.1) is 0 Å². The predicted molar refractivity (Wildman–Crippen MR) is 60.4 cm³/mol. The lowest BCUT2D eigenvalue weighted by atomic mass is 10.2. The van der Waals surface area contributed by atoms with Crippen LogP contribution in [0.5, 0.6) is 0 Å². The summed E-state index contributed by atoms with van der Waals surface area (Å²) in [5.74, 6) is 1.00. The van der Waals surface area contributed by atoms with Gasteiger partial charge in [-0.3, -0.25) is 0 Å². The topological polar surface area (TPSA) is 42.1 Å². The average Bonchev–Trinajstić information content (AvgIpc) is 2.15. The first-order chi connectivity index (χ1) is 6.54. The van der Waals surface area contributed by atoms with Crippen LogP contribution in [-0.2, 0) is 6.54 Å². The normalized spacial score (nSPS) is 10.7. The Bertz CT molecular complexity index is 307. The summed E-state index contributed by atoms with van der Waals surface area (Å²) in [4.78, 5) is 6.62. The molecule has 1 rings (SSSR count). The van der Waals surface area contributed by atoms with E-state index in [1.165, 1.54) is 0 Å². The van der Waals surface area contributed by atoms with Gasteiger partial charge in [-0.15, -0.1) is 0 Å². The van der Waals surface area contributed by atoms with Crippen LogP contribution in [0.15, 0.2) is 12.1 Å². The van der Waals surface area contributed by atoms with E-state index >= 15 is 0 Å². The van der Waals surface area contributed by atoms with Gasteiger partial charge in [0, 0.05) is 25.3 Å². The molecule has 3 nitrogen and oxygen atoms in total. The minimum absolute atomic E-state index is 0.454. The zero-order valence-electron chi connectivity index (χ0n) is 9.41. The third-order valence-corrected chi connectivity index (χ3v) is 2.37. The summed E-state index contributed by atoms with van der Waals surface area (Å²) in [6, 6.07) is 4.53. The summed E-state index contributed by atoms with van der Waals surface area (Å²) in [5.41, 5.74) is 7.78. The second-order valence-corrected chi connectivity index (χ2v) is 3.88. The minimum Gasteiger partial charge on any atom is -0.357 e. The Kier molecular flexibility index (Phi) is 3.47. The van der Waals surface area contributed by atoms with Crippen molar-refractivity contribution >= 4 is 5.82 Å². The summed E-state index contributed by atoms with van der Waals surface area (Å²) < 4.78 is 0. The SMILES string of the molecule is Cc1cc(CN)cc(N(C)C(C)C)n1. The second kappa shape index (κ2) is 4.42. The van der Waals surface area contributed by atoms with Gasteiger partial charge in [0.1, 0.15) is 5.82 Å². The summed E-state index contributed by atoms with van der Waals surface area (Å²) in [6.45, 7) is 6.86. The molecule has 1 heterocycles. The molecule has 14 heavy (non-hydrogen) atoms. The number of aryl methyl sites for hydroxylation is 1. The van der Waals surface area contributed by atoms with Gasteiger partial charge in [0.2, 0.25) is 0 Å². The average molecular weight is 193 g/mol. The van der Waals surface area contributed by atoms with Crippen molar-refractivity contribution in [2.45, 2.75) is 33.4 Å². The van der Waals surface area contributed by atoms with Gasteiger partial charge in [0.15, 0.2) is 0 Å². The highest BCUT2D eigenvalue weighted by Gasteiger charge is 2.07. The molecule has 0 aliphatic rings. The Morgan fingerprint density at radius 3 is 2.57 bits per heavy atom. The van der Waals surface area contributed by atoms with Crippen LogP contribution in [-0.4, -0.2) is 18.1 Å². The van der Waals surface area contributed by atoms with Crippen molar-refractivity contribution < 1.29 is 0 Å². The van der Waals surface area contributed by atoms with E-state index in [2.05, 4.69) is 23.7 Å². The lowest BCUT2D eigenvalue weighted by Crippen LogP contribution is -2.26. The number of hydrogen-bond donors (Lipinski definition) is 1. The zero-order valence-corrected chi connectivity index (χ0v) is 9.41. The van der Waals surface area contributed by atoms with Gasteiger partial charge in [-0.1, -0.05) is 0 Å². The number of hydrogen-bond acceptors (Lipinski definition) is 3. The molecule has 0 spiro atoms. The molecular weight excluding hydrogens is 174 g/mol. The number of nitrogens with zero attached hydrogens (tertiary/aromatic N) is 2. The predicted octanol–water partition coefficient (Wildman–Crippen LogP) is 1.69. The molecule has 0 aliphatic heterocycles. The number of anilines is 1. The van der Waals surface area contributed by atoms with Gasteiger partial charge in [-0.2, -0.15) is 0 Å². The molecule has 0 amide bonds. The van der Waals surface area contributed by atoms with E-state index in [0.717, 1.165) is 17.1 Å². The fourth-order valence-electron chi connectivity index (χ4n) is 1.28. The number of pyridine rings is 1. The maximum Gasteiger partial charge on any atom is 0.129 e. The van der Waals surface area contributed by atoms with E-state index < -0.39 is 0 Å². The zero-order chi connectivity index (χ0) is 10.7. The lowest BCUT2D eigenvalue weighted by Gasteiger charge is -2.23. The maximum atomic E-state index is 5.62. The van der Waals surface area contributed by atoms with Crippen LogP contribution in [0.3, 0.4) is 0 Å². The van der Waals surface area contributed by atoms with Crippen LogP contribution in [0.4, 0.5) is 5.82 Å². The van der Waals surface area contributed by atoms with Gasteiger partial charge in [-0.25, -0.2) is 4.98 Å². The highest BCUT2D eigenvalue weighted by molar-refractivity contribution is 5.42. The van der Waals surface area contributed by atoms with Crippen molar-refractivity contribution in [1.29, 1.82) is 0 Å². The molecule has 2 N–H and O–H groups in total. The van der Waals surface area contributed by atoms with Crippen molar-refractivity contribution in [2.24, 2.45) is 5.73 Å². The molecule has 0 fully saturated rings. The third kappa shape index (κ3) is 2.45. The molecule has 3 heteroatoms. The van der Waals surface area contributed by atoms with Gasteiger partial charge < -0.3 is 10.6 Å². The first-order valence-corrected chi connectivity index (χ1v) is 4.95. The van der Waals surface area contributed by atoms with E-state index in [-0.39, 0.29) is 0 Å². The largest absolute Gasteiger partial charge is 0.357 e. The quantitative estimate of drug-likeness (QED) is 0.794. The minimum atomic E-state index is 0.454. The third-order valence-electron chi connectivity index (χ3n) is 2.37. The fraction of sp³-hybridized carbons (Fsp3) is 0.545. The Hall–Kier alpha value is -1.09. The molecule has 0 atom stereocenters. The second-order valence-electron chi connectivity index (χ2n) is 3.88. The standard InChI is InChI=1S/C11H19N3/c1-8(2)14(4)11-6-10(7-12)5-9(3)13-11/h5-6,8H,7,12H2,1-4H3.